The van der Waals surface area contributed by atoms with Crippen LogP contribution < -0.4 is 0 Å². The first-order chi connectivity index (χ1) is 33.9. The van der Waals surface area contributed by atoms with Gasteiger partial charge < -0.3 is 53.9 Å². The minimum absolute atomic E-state index is 0.0226. The van der Waals surface area contributed by atoms with Gasteiger partial charge in [0.1, 0.15) is 49.0 Å². The van der Waals surface area contributed by atoms with E-state index in [1.807, 2.05) is 6.92 Å². The van der Waals surface area contributed by atoms with Crippen LogP contribution in [-0.2, 0) is 64.7 Å². The van der Waals surface area contributed by atoms with Gasteiger partial charge in [-0.25, -0.2) is 18.3 Å². The van der Waals surface area contributed by atoms with Crippen LogP contribution in [0.25, 0.3) is 0 Å². The highest BCUT2D eigenvalue weighted by Gasteiger charge is 2.59. The molecule has 1 aliphatic carbocycles. The second kappa shape index (κ2) is 38.5. The zero-order valence-corrected chi connectivity index (χ0v) is 46.0. The number of ether oxygens (including phenoxy) is 2. The third-order valence-corrected chi connectivity index (χ3v) is 14.6. The monoisotopic (exact) mass is 1120 g/mol. The van der Waals surface area contributed by atoms with Gasteiger partial charge >= 0.3 is 43.2 Å². The molecule has 8 atom stereocenters. The number of esters is 2. The summed E-state index contributed by atoms with van der Waals surface area (Å²) in [6.07, 6.45) is 11.4. The van der Waals surface area contributed by atoms with Crippen molar-refractivity contribution in [2.24, 2.45) is 0 Å². The lowest BCUT2D eigenvalue weighted by Crippen LogP contribution is -2.65. The Morgan fingerprint density at radius 3 is 1.12 bits per heavy atom. The number of carbonyl (C=O) groups is 3. The van der Waals surface area contributed by atoms with E-state index in [2.05, 4.69) is 20.5 Å². The van der Waals surface area contributed by atoms with Gasteiger partial charge in [-0.15, -0.1) is 0 Å². The Morgan fingerprint density at radius 2 is 0.750 bits per heavy atom. The highest BCUT2D eigenvalue weighted by molar-refractivity contribution is 7.47. The number of phosphoric acid groups is 4. The molecule has 1 saturated carbocycles. The summed E-state index contributed by atoms with van der Waals surface area (Å²) in [7, 11) is -23.0. The quantitative estimate of drug-likeness (QED) is 0.0156. The van der Waals surface area contributed by atoms with Gasteiger partial charge in [0.2, 0.25) is 0 Å². The Balaban J connectivity index is 2.82. The van der Waals surface area contributed by atoms with Crippen LogP contribution >= 0.6 is 31.3 Å². The summed E-state index contributed by atoms with van der Waals surface area (Å²) < 4.78 is 82.2. The molecule has 0 radical (unpaired) electrons. The Morgan fingerprint density at radius 1 is 0.403 bits per heavy atom. The van der Waals surface area contributed by atoms with Gasteiger partial charge in [0.05, 0.1) is 6.61 Å². The van der Waals surface area contributed by atoms with Crippen LogP contribution in [0.15, 0.2) is 0 Å². The zero-order valence-electron chi connectivity index (χ0n) is 42.4. The van der Waals surface area contributed by atoms with E-state index in [0.29, 0.717) is 31.5 Å². The maximum Gasteiger partial charge on any atom is 0.472 e. The number of aliphatic hydroxyl groups is 2. The predicted molar refractivity (Wildman–Crippen MR) is 264 cm³/mol. The summed E-state index contributed by atoms with van der Waals surface area (Å²) >= 11 is 0. The van der Waals surface area contributed by atoms with Crippen molar-refractivity contribution in [3.8, 4) is 0 Å². The van der Waals surface area contributed by atoms with E-state index in [-0.39, 0.29) is 12.8 Å². The number of aliphatic hydroxyl groups excluding tert-OH is 2. The lowest BCUT2D eigenvalue weighted by atomic mass is 9.85. The van der Waals surface area contributed by atoms with Gasteiger partial charge in [0.15, 0.2) is 6.10 Å². The summed E-state index contributed by atoms with van der Waals surface area (Å²) in [5.74, 6) is -1.06. The molecule has 0 aliphatic heterocycles. The molecule has 0 bridgehead atoms. The van der Waals surface area contributed by atoms with Crippen molar-refractivity contribution in [3.63, 3.8) is 0 Å². The smallest absolute Gasteiger partial charge is 0.462 e. The van der Waals surface area contributed by atoms with Gasteiger partial charge in [0.25, 0.3) is 0 Å². The first kappa shape index (κ1) is 69.0. The summed E-state index contributed by atoms with van der Waals surface area (Å²) in [6, 6.07) is 0. The summed E-state index contributed by atoms with van der Waals surface area (Å²) in [4.78, 5) is 105. The number of hydrogen-bond acceptors (Lipinski definition) is 16. The molecular formula is C45H88O23P4. The molecule has 1 fully saturated rings. The third-order valence-electron chi connectivity index (χ3n) is 12.0. The van der Waals surface area contributed by atoms with Crippen LogP contribution in [0.2, 0.25) is 0 Å². The first-order valence-electron chi connectivity index (χ1n) is 26.0. The van der Waals surface area contributed by atoms with Crippen molar-refractivity contribution in [2.45, 2.75) is 256 Å². The minimum atomic E-state index is -5.79. The number of carbonyl (C=O) groups excluding carboxylic acids is 3. The van der Waals surface area contributed by atoms with Gasteiger partial charge in [-0.2, -0.15) is 0 Å². The molecule has 1 rings (SSSR count). The average molecular weight is 1120 g/mol. The summed E-state index contributed by atoms with van der Waals surface area (Å²) in [6.45, 7) is 2.55. The number of ketones is 1. The van der Waals surface area contributed by atoms with Crippen LogP contribution in [0.1, 0.15) is 213 Å². The molecule has 426 valence electrons. The van der Waals surface area contributed by atoms with E-state index in [0.717, 1.165) is 96.3 Å². The molecule has 0 saturated heterocycles. The van der Waals surface area contributed by atoms with Crippen molar-refractivity contribution in [2.75, 3.05) is 13.2 Å². The van der Waals surface area contributed by atoms with E-state index in [9.17, 15) is 77.1 Å². The van der Waals surface area contributed by atoms with E-state index in [1.165, 1.54) is 64.2 Å². The number of hydrogen-bond donors (Lipinski definition) is 9. The molecule has 72 heavy (non-hydrogen) atoms. The molecular weight excluding hydrogens is 1030 g/mol. The summed E-state index contributed by atoms with van der Waals surface area (Å²) in [5.41, 5.74) is 0. The molecule has 0 spiro atoms. The molecule has 23 nitrogen and oxygen atoms in total. The van der Waals surface area contributed by atoms with Crippen molar-refractivity contribution in [1.82, 2.24) is 0 Å². The van der Waals surface area contributed by atoms with Crippen molar-refractivity contribution in [1.29, 1.82) is 0 Å². The summed E-state index contributed by atoms with van der Waals surface area (Å²) in [5, 5.41) is 21.9. The van der Waals surface area contributed by atoms with E-state index >= 15 is 0 Å². The fraction of sp³-hybridized carbons (Fsp3) is 0.933. The minimum Gasteiger partial charge on any atom is -0.462 e. The largest absolute Gasteiger partial charge is 0.472 e. The van der Waals surface area contributed by atoms with E-state index < -0.39 is 99.2 Å². The first-order valence-corrected chi connectivity index (χ1v) is 32.1. The molecule has 9 N–H and O–H groups in total. The SMILES string of the molecule is CCCCCCCCCCCCCCCC(=O)O[C@H](COC(=O)CCCCCCCCCCCCCCCC(=O)CCC)COP(=O)(O)OC1C(O)[C@@H](OP(=O)(O)O)C(OP(=O)(O)O)[C@@H](OP(=O)(O)O)[C@H]1O. The standard InChI is InChI=1S/C45H88O23P4/c1-3-5-6-7-8-9-10-12-17-20-23-26-29-33-39(48)64-37(34-62-38(47)32-28-25-22-19-16-14-11-13-15-18-21-24-27-31-36(46)30-4-2)35-63-72(60,61)68-42-40(49)43(65-69(51,52)53)45(67-71(57,58)59)44(41(42)50)66-70(54,55)56/h37,40-45,49-50H,3-35H2,1-2H3,(H,60,61)(H2,51,52,53)(H2,54,55,56)(H2,57,58,59)/t37-,40+,41?,42?,43+,44-,45?/m1/s1. The fourth-order valence-electron chi connectivity index (χ4n) is 8.32. The Kier molecular flexibility index (Phi) is 36.9. The molecule has 0 aromatic rings. The number of unbranched alkanes of at least 4 members (excludes halogenated alkanes) is 24. The highest BCUT2D eigenvalue weighted by atomic mass is 31.2. The molecule has 0 aromatic heterocycles. The Hall–Kier alpha value is -1.03. The topological polar surface area (TPSA) is 366 Å². The molecule has 0 amide bonds. The van der Waals surface area contributed by atoms with E-state index in [4.69, 9.17) is 18.5 Å². The fourth-order valence-corrected chi connectivity index (χ4v) is 11.0. The highest BCUT2D eigenvalue weighted by Crippen LogP contribution is 2.53. The van der Waals surface area contributed by atoms with Crippen LogP contribution in [-0.4, -0.2) is 118 Å². The van der Waals surface area contributed by atoms with Crippen molar-refractivity contribution in [3.05, 3.63) is 0 Å². The second-order valence-corrected chi connectivity index (χ2v) is 23.7. The molecule has 4 unspecified atom stereocenters. The molecule has 1 aliphatic rings. The Labute approximate surface area is 425 Å². The number of phosphoric ester groups is 4. The van der Waals surface area contributed by atoms with Crippen LogP contribution in [0.5, 0.6) is 0 Å². The average Bonchev–Trinajstić information content (AvgIpc) is 3.28. The van der Waals surface area contributed by atoms with Gasteiger partial charge in [-0.1, -0.05) is 162 Å². The zero-order chi connectivity index (χ0) is 54.1. The van der Waals surface area contributed by atoms with Crippen LogP contribution in [0.4, 0.5) is 0 Å². The van der Waals surface area contributed by atoms with Crippen LogP contribution in [0, 0.1) is 0 Å². The van der Waals surface area contributed by atoms with E-state index in [1.54, 1.807) is 0 Å². The normalized spacial score (nSPS) is 21.0. The lowest BCUT2D eigenvalue weighted by molar-refractivity contribution is -0.209. The maximum absolute atomic E-state index is 13.3. The van der Waals surface area contributed by atoms with Crippen LogP contribution in [0.3, 0.4) is 0 Å². The van der Waals surface area contributed by atoms with Gasteiger partial charge in [-0.05, 0) is 25.7 Å². The molecule has 27 heteroatoms. The number of Topliss-reactive ketones (excluding diaryl/α,β-unsaturated/α-hetero) is 1. The van der Waals surface area contributed by atoms with Crippen molar-refractivity contribution < 1.29 is 109 Å². The van der Waals surface area contributed by atoms with Gasteiger partial charge in [0, 0.05) is 25.7 Å². The maximum atomic E-state index is 13.3. The molecule has 0 heterocycles. The van der Waals surface area contributed by atoms with Gasteiger partial charge in [-0.3, -0.25) is 37.0 Å². The predicted octanol–water partition coefficient (Wildman–Crippen LogP) is 8.81. The molecule has 0 aromatic carbocycles. The second-order valence-electron chi connectivity index (χ2n) is 18.7. The Bertz CT molecular complexity index is 1630. The lowest BCUT2D eigenvalue weighted by Gasteiger charge is -2.45. The van der Waals surface area contributed by atoms with Crippen molar-refractivity contribution >= 4 is 49.0 Å². The third kappa shape index (κ3) is 36.1. The number of rotatable bonds is 46.